The Bertz CT molecular complexity index is 1330. The van der Waals surface area contributed by atoms with Crippen molar-refractivity contribution in [3.63, 3.8) is 0 Å². The lowest BCUT2D eigenvalue weighted by Gasteiger charge is -2.13. The van der Waals surface area contributed by atoms with Crippen molar-refractivity contribution in [2.24, 2.45) is 0 Å². The van der Waals surface area contributed by atoms with Crippen LogP contribution in [0.4, 0.5) is 5.13 Å². The fraction of sp³-hybridized carbons (Fsp3) is 0.200. The van der Waals surface area contributed by atoms with Gasteiger partial charge in [0, 0.05) is 22.6 Å². The number of thiazole rings is 1. The number of thiophene rings is 1. The molecule has 0 aliphatic carbocycles. The van der Waals surface area contributed by atoms with Gasteiger partial charge >= 0.3 is 5.97 Å². The lowest BCUT2D eigenvalue weighted by Crippen LogP contribution is -2.19. The van der Waals surface area contributed by atoms with E-state index in [2.05, 4.69) is 16.3 Å². The second kappa shape index (κ2) is 9.53. The van der Waals surface area contributed by atoms with Crippen LogP contribution in [-0.2, 0) is 29.4 Å². The van der Waals surface area contributed by atoms with E-state index in [0.717, 1.165) is 22.7 Å². The van der Waals surface area contributed by atoms with Gasteiger partial charge in [-0.25, -0.2) is 21.8 Å². The number of anilines is 1. The van der Waals surface area contributed by atoms with Gasteiger partial charge in [0.15, 0.2) is 5.13 Å². The van der Waals surface area contributed by atoms with Gasteiger partial charge in [-0.1, -0.05) is 24.3 Å². The molecule has 1 N–H and O–H groups in total. The third-order valence-electron chi connectivity index (χ3n) is 4.30. The van der Waals surface area contributed by atoms with E-state index < -0.39 is 37.2 Å². The van der Waals surface area contributed by atoms with Gasteiger partial charge in [0.2, 0.25) is 19.9 Å². The maximum absolute atomic E-state index is 13.0. The zero-order valence-electron chi connectivity index (χ0n) is 17.1. The molecule has 0 aliphatic heterocycles. The maximum atomic E-state index is 13.0. The number of hydrogen-bond donors (Lipinski definition) is 1. The summed E-state index contributed by atoms with van der Waals surface area (Å²) in [5.74, 6) is -0.474. The summed E-state index contributed by atoms with van der Waals surface area (Å²) in [7, 11) is -7.79. The molecule has 1 aromatic carbocycles. The molecule has 0 amide bonds. The van der Waals surface area contributed by atoms with E-state index in [0.29, 0.717) is 10.6 Å². The highest BCUT2D eigenvalue weighted by molar-refractivity contribution is 7.93. The lowest BCUT2D eigenvalue weighted by atomic mass is 10.3. The van der Waals surface area contributed by atoms with Crippen LogP contribution in [0, 0.1) is 0 Å². The van der Waals surface area contributed by atoms with E-state index in [-0.39, 0.29) is 14.9 Å². The molecule has 3 aromatic rings. The van der Waals surface area contributed by atoms with Crippen LogP contribution in [0.3, 0.4) is 0 Å². The summed E-state index contributed by atoms with van der Waals surface area (Å²) in [4.78, 5) is 15.7. The third-order valence-corrected chi connectivity index (χ3v) is 9.86. The lowest BCUT2D eigenvalue weighted by molar-refractivity contribution is -0.145. The number of sulfone groups is 1. The van der Waals surface area contributed by atoms with Crippen LogP contribution < -0.4 is 4.72 Å². The molecule has 8 nitrogen and oxygen atoms in total. The van der Waals surface area contributed by atoms with Crippen LogP contribution in [0.2, 0.25) is 0 Å². The zero-order valence-corrected chi connectivity index (χ0v) is 20.4. The first-order chi connectivity index (χ1) is 15.0. The van der Waals surface area contributed by atoms with Gasteiger partial charge in [-0.05, 0) is 25.1 Å². The van der Waals surface area contributed by atoms with Crippen molar-refractivity contribution in [2.75, 3.05) is 4.72 Å². The fourth-order valence-corrected chi connectivity index (χ4v) is 8.08. The number of sulfonamides is 1. The summed E-state index contributed by atoms with van der Waals surface area (Å²) in [5, 5.41) is 1.90. The Hall–Kier alpha value is -2.54. The first-order valence-electron chi connectivity index (χ1n) is 9.20. The molecule has 170 valence electrons. The molecule has 2 unspecified atom stereocenters. The molecule has 3 rings (SSSR count). The predicted molar refractivity (Wildman–Crippen MR) is 124 cm³/mol. The van der Waals surface area contributed by atoms with E-state index >= 15 is 0 Å². The summed E-state index contributed by atoms with van der Waals surface area (Å²) >= 11 is 2.06. The average Bonchev–Trinajstić information content (AvgIpc) is 3.38. The van der Waals surface area contributed by atoms with Crippen molar-refractivity contribution >= 4 is 53.6 Å². The minimum atomic E-state index is -4.02. The molecule has 12 heteroatoms. The third kappa shape index (κ3) is 5.26. The highest BCUT2D eigenvalue weighted by atomic mass is 32.2. The minimum absolute atomic E-state index is 0.0116. The van der Waals surface area contributed by atoms with Crippen molar-refractivity contribution < 1.29 is 26.4 Å². The molecule has 2 heterocycles. The molecule has 0 spiro atoms. The number of carbonyl (C=O) groups is 1. The van der Waals surface area contributed by atoms with Crippen LogP contribution in [0.1, 0.15) is 35.8 Å². The number of benzene rings is 1. The van der Waals surface area contributed by atoms with Gasteiger partial charge in [0.05, 0.1) is 15.5 Å². The number of nitrogens with zero attached hydrogens (tertiary/aromatic N) is 1. The van der Waals surface area contributed by atoms with Gasteiger partial charge in [-0.15, -0.1) is 29.3 Å². The Morgan fingerprint density at radius 2 is 1.81 bits per heavy atom. The van der Waals surface area contributed by atoms with Crippen LogP contribution in [0.25, 0.3) is 0 Å². The van der Waals surface area contributed by atoms with Crippen LogP contribution in [0.5, 0.6) is 0 Å². The predicted octanol–water partition coefficient (Wildman–Crippen LogP) is 4.33. The van der Waals surface area contributed by atoms with Gasteiger partial charge < -0.3 is 4.74 Å². The van der Waals surface area contributed by atoms with E-state index in [1.54, 1.807) is 30.5 Å². The molecule has 2 aromatic heterocycles. The van der Waals surface area contributed by atoms with E-state index in [1.807, 2.05) is 0 Å². The summed E-state index contributed by atoms with van der Waals surface area (Å²) in [6, 6.07) is 9.24. The Morgan fingerprint density at radius 1 is 1.12 bits per heavy atom. The number of aromatic nitrogens is 1. The van der Waals surface area contributed by atoms with Crippen molar-refractivity contribution in [3.05, 3.63) is 70.4 Å². The monoisotopic (exact) mass is 512 g/mol. The zero-order chi connectivity index (χ0) is 23.5. The van der Waals surface area contributed by atoms with Crippen LogP contribution >= 0.6 is 22.7 Å². The summed E-state index contributed by atoms with van der Waals surface area (Å²) in [5.41, 5.74) is 0.408. The number of carbonyl (C=O) groups excluding carboxylic acids is 1. The Morgan fingerprint density at radius 3 is 2.44 bits per heavy atom. The van der Waals surface area contributed by atoms with Crippen molar-refractivity contribution in [1.29, 1.82) is 0 Å². The Kier molecular flexibility index (Phi) is 7.18. The Labute approximate surface area is 194 Å². The quantitative estimate of drug-likeness (QED) is 0.335. The first-order valence-corrected chi connectivity index (χ1v) is 14.0. The topological polar surface area (TPSA) is 120 Å². The molecule has 0 aliphatic rings. The van der Waals surface area contributed by atoms with E-state index in [4.69, 9.17) is 4.74 Å². The Balaban J connectivity index is 1.83. The molecule has 0 fully saturated rings. The van der Waals surface area contributed by atoms with E-state index in [9.17, 15) is 21.6 Å². The number of ether oxygens (including phenoxy) is 1. The van der Waals surface area contributed by atoms with Crippen LogP contribution in [-0.4, -0.2) is 27.8 Å². The second-order valence-electron chi connectivity index (χ2n) is 6.63. The van der Waals surface area contributed by atoms with Crippen molar-refractivity contribution in [2.45, 2.75) is 35.0 Å². The largest absolute Gasteiger partial charge is 0.456 e. The minimum Gasteiger partial charge on any atom is -0.456 e. The summed E-state index contributed by atoms with van der Waals surface area (Å²) < 4.78 is 59.0. The maximum Gasteiger partial charge on any atom is 0.303 e. The SMILES string of the molecule is C=CC(c1cc(S(=O)(=O)c2ccccc2)cs1)S(=O)(=O)Nc1nc(C(C)OC(C)=O)cs1. The molecule has 32 heavy (non-hydrogen) atoms. The number of hydrogen-bond acceptors (Lipinski definition) is 9. The normalized spacial score (nSPS) is 13.8. The number of esters is 1. The van der Waals surface area contributed by atoms with Gasteiger partial charge in [0.25, 0.3) is 0 Å². The molecule has 0 radical (unpaired) electrons. The standard InChI is InChI=1S/C20H20N2O6S4/c1-4-19(18-10-16(11-29-18)31(24,25)15-8-6-5-7-9-15)32(26,27)22-20-21-17(12-30-20)13(2)28-14(3)23/h4-13,19H,1H2,2-3H3,(H,21,22). The highest BCUT2D eigenvalue weighted by Crippen LogP contribution is 2.34. The molecule has 0 saturated heterocycles. The molecule has 0 saturated carbocycles. The number of rotatable bonds is 9. The second-order valence-corrected chi connectivity index (χ2v) is 12.2. The van der Waals surface area contributed by atoms with Gasteiger partial charge in [-0.2, -0.15) is 0 Å². The molecule has 0 bridgehead atoms. The summed E-state index contributed by atoms with van der Waals surface area (Å²) in [6.07, 6.45) is 0.601. The van der Waals surface area contributed by atoms with Gasteiger partial charge in [-0.3, -0.25) is 9.52 Å². The van der Waals surface area contributed by atoms with Crippen LogP contribution in [0.15, 0.2) is 69.6 Å². The summed E-state index contributed by atoms with van der Waals surface area (Å²) in [6.45, 7) is 6.50. The van der Waals surface area contributed by atoms with Gasteiger partial charge in [0.1, 0.15) is 11.4 Å². The smallest absolute Gasteiger partial charge is 0.303 e. The average molecular weight is 513 g/mol. The van der Waals surface area contributed by atoms with Crippen molar-refractivity contribution in [3.8, 4) is 0 Å². The first kappa shape index (κ1) is 24.1. The molecular formula is C20H20N2O6S4. The van der Waals surface area contributed by atoms with E-state index in [1.165, 1.54) is 36.6 Å². The van der Waals surface area contributed by atoms with Crippen molar-refractivity contribution in [1.82, 2.24) is 4.98 Å². The highest BCUT2D eigenvalue weighted by Gasteiger charge is 2.29. The fourth-order valence-electron chi connectivity index (χ4n) is 2.77. The number of nitrogens with one attached hydrogen (secondary N) is 1. The molecular weight excluding hydrogens is 492 g/mol. The molecule has 2 atom stereocenters.